The third kappa shape index (κ3) is 27.8. The van der Waals surface area contributed by atoms with E-state index in [0.717, 1.165) is 0 Å². The van der Waals surface area contributed by atoms with Gasteiger partial charge in [0.05, 0.1) is 0 Å². The third-order valence-corrected chi connectivity index (χ3v) is 9.33. The molecule has 77 heavy (non-hydrogen) atoms. The Labute approximate surface area is 456 Å². The number of ether oxygens (including phenoxy) is 8. The van der Waals surface area contributed by atoms with Crippen molar-refractivity contribution >= 4 is 48.4 Å². The summed E-state index contributed by atoms with van der Waals surface area (Å²) in [6, 6.07) is -4.95. The Kier molecular flexibility index (Phi) is 23.5. The van der Waals surface area contributed by atoms with Gasteiger partial charge in [0.1, 0.15) is 69.0 Å². The van der Waals surface area contributed by atoms with E-state index in [0.29, 0.717) is 9.80 Å². The van der Waals surface area contributed by atoms with E-state index in [1.54, 1.807) is 166 Å². The van der Waals surface area contributed by atoms with Crippen molar-refractivity contribution < 1.29 is 91.0 Å². The molecule has 0 saturated heterocycles. The molecule has 1 rings (SSSR count). The number of carbonyl (C=O) groups is 8. The minimum atomic E-state index is -1.91. The first-order valence-electron chi connectivity index (χ1n) is 25.9. The zero-order valence-corrected chi connectivity index (χ0v) is 50.5. The predicted octanol–water partition coefficient (Wildman–Crippen LogP) is 9.30. The summed E-state index contributed by atoms with van der Waals surface area (Å²) < 4.78 is 46.4. The van der Waals surface area contributed by atoms with Crippen LogP contribution in [-0.2, 0) is 71.7 Å². The summed E-state index contributed by atoms with van der Waals surface area (Å²) in [5.74, 6) is -3.50. The van der Waals surface area contributed by atoms with Crippen molar-refractivity contribution in [2.75, 3.05) is 0 Å². The number of aromatic nitrogens is 1. The molecule has 0 aliphatic rings. The van der Waals surface area contributed by atoms with Crippen molar-refractivity contribution in [3.05, 3.63) is 23.5 Å². The van der Waals surface area contributed by atoms with Crippen LogP contribution in [0.1, 0.15) is 197 Å². The minimum Gasteiger partial charge on any atom is -0.503 e. The van der Waals surface area contributed by atoms with Gasteiger partial charge in [0.2, 0.25) is 6.20 Å². The Morgan fingerprint density at radius 2 is 0.805 bits per heavy atom. The second-order valence-corrected chi connectivity index (χ2v) is 26.8. The zero-order chi connectivity index (χ0) is 60.4. The molecule has 22 heteroatoms. The second kappa shape index (κ2) is 26.1. The van der Waals surface area contributed by atoms with E-state index in [1.807, 2.05) is 0 Å². The van der Waals surface area contributed by atoms with Gasteiger partial charge in [0.25, 0.3) is 0 Å². The number of imide groups is 2. The topological polar surface area (TPSA) is 273 Å². The molecule has 0 spiro atoms. The molecule has 0 bridgehead atoms. The maximum absolute atomic E-state index is 14.5. The van der Waals surface area contributed by atoms with Crippen molar-refractivity contribution in [2.45, 2.75) is 274 Å². The average molecular weight is 1100 g/mol. The average Bonchev–Trinajstić information content (AvgIpc) is 3.12. The summed E-state index contributed by atoms with van der Waals surface area (Å²) in [4.78, 5) is 113. The lowest BCUT2D eigenvalue weighted by Gasteiger charge is -2.34. The number of hydrogen-bond donors (Lipinski definition) is 3. The Balaban J connectivity index is 4.40. The van der Waals surface area contributed by atoms with E-state index >= 15 is 0 Å². The molecule has 1 heterocycles. The fourth-order valence-electron chi connectivity index (χ4n) is 6.80. The molecule has 0 saturated carbocycles. The minimum absolute atomic E-state index is 0.0965. The van der Waals surface area contributed by atoms with Crippen LogP contribution in [0, 0.1) is 0 Å². The number of aliphatic hydroxyl groups excluding tert-OH is 1. The van der Waals surface area contributed by atoms with Crippen molar-refractivity contribution in [1.29, 1.82) is 0 Å². The van der Waals surface area contributed by atoms with Crippen LogP contribution in [0.4, 0.5) is 24.0 Å². The number of carbonyl (C=O) groups excluding carboxylic acids is 8. The molecule has 440 valence electrons. The van der Waals surface area contributed by atoms with Gasteiger partial charge in [-0.1, -0.05) is 0 Å². The number of aryl methyl sites for hydroxylation is 1. The number of nitrogens with zero attached hydrogens (tertiary/aromatic N) is 3. The van der Waals surface area contributed by atoms with E-state index in [9.17, 15) is 48.6 Å². The van der Waals surface area contributed by atoms with Crippen LogP contribution in [0.3, 0.4) is 0 Å². The summed E-state index contributed by atoms with van der Waals surface area (Å²) in [6.45, 7) is 37.7. The van der Waals surface area contributed by atoms with Crippen molar-refractivity contribution in [2.24, 2.45) is 0 Å². The number of alkyl carbamates (subject to hydrolysis) is 1. The lowest BCUT2D eigenvalue weighted by atomic mass is 9.95. The van der Waals surface area contributed by atoms with Gasteiger partial charge < -0.3 is 53.4 Å². The normalized spacial score (nSPS) is 14.4. The lowest BCUT2D eigenvalue weighted by molar-refractivity contribution is -0.704. The highest BCUT2D eigenvalue weighted by Gasteiger charge is 2.45. The van der Waals surface area contributed by atoms with Crippen LogP contribution < -0.4 is 9.88 Å². The number of pyridine rings is 1. The van der Waals surface area contributed by atoms with Gasteiger partial charge in [-0.15, -0.1) is 0 Å². The van der Waals surface area contributed by atoms with Gasteiger partial charge in [-0.05, 0) is 192 Å². The molecule has 22 nitrogen and oxygen atoms in total. The van der Waals surface area contributed by atoms with Crippen LogP contribution in [0.2, 0.25) is 0 Å². The fourth-order valence-corrected chi connectivity index (χ4v) is 6.80. The first kappa shape index (κ1) is 69.1. The first-order valence-corrected chi connectivity index (χ1v) is 25.9. The maximum atomic E-state index is 14.5. The highest BCUT2D eigenvalue weighted by Crippen LogP contribution is 2.30. The Morgan fingerprint density at radius 3 is 1.17 bits per heavy atom. The molecule has 0 fully saturated rings. The van der Waals surface area contributed by atoms with E-state index in [2.05, 4.69) is 5.32 Å². The van der Waals surface area contributed by atoms with Crippen molar-refractivity contribution in [1.82, 2.24) is 15.1 Å². The van der Waals surface area contributed by atoms with Gasteiger partial charge in [-0.2, -0.15) is 14.4 Å². The summed E-state index contributed by atoms with van der Waals surface area (Å²) >= 11 is 0. The summed E-state index contributed by atoms with van der Waals surface area (Å²) in [5, 5.41) is 26.3. The largest absolute Gasteiger partial charge is 0.503 e. The number of aliphatic hydroxyl groups is 1. The van der Waals surface area contributed by atoms with Gasteiger partial charge in [-0.3, -0.25) is 0 Å². The highest BCUT2D eigenvalue weighted by atomic mass is 16.6. The predicted molar refractivity (Wildman–Crippen MR) is 282 cm³/mol. The molecule has 3 N–H and O–H groups in total. The van der Waals surface area contributed by atoms with E-state index in [-0.39, 0.29) is 36.9 Å². The summed E-state index contributed by atoms with van der Waals surface area (Å²) in [5.41, 5.74) is -8.95. The SMILES string of the molecule is CC(C)(C)OC(=O)N[C@@H](CC[C@@H](O)C[n+]1cc(O)c(C[C@@H](C(=O)OC(C)(C)C)N(C(=O)OC(C)(C)C)C(=O)OC(C)(C)C)c(CC[C@@H](C(=O)OC(C)(C)C)N(C(=O)OC(C)(C)C)C(=O)OC(C)(C)C)c1)C(=O)OC(C)(C)C. The molecule has 0 aliphatic heterocycles. The molecule has 5 amide bonds. The second-order valence-electron chi connectivity index (χ2n) is 26.8. The highest BCUT2D eigenvalue weighted by molar-refractivity contribution is 5.95. The monoisotopic (exact) mass is 1100 g/mol. The number of aromatic hydroxyl groups is 1. The van der Waals surface area contributed by atoms with E-state index in [1.165, 1.54) is 17.0 Å². The number of hydrogen-bond acceptors (Lipinski definition) is 18. The maximum Gasteiger partial charge on any atom is 0.420 e. The number of rotatable bonds is 16. The van der Waals surface area contributed by atoms with Crippen molar-refractivity contribution in [3.8, 4) is 5.75 Å². The summed E-state index contributed by atoms with van der Waals surface area (Å²) in [6.07, 6.45) is -6.39. The first-order chi connectivity index (χ1) is 34.3. The lowest BCUT2D eigenvalue weighted by Crippen LogP contribution is -2.54. The van der Waals surface area contributed by atoms with E-state index < -0.39 is 136 Å². The molecule has 0 unspecified atom stereocenters. The Hall–Kier alpha value is -5.93. The van der Waals surface area contributed by atoms with Gasteiger partial charge >= 0.3 is 48.4 Å². The number of esters is 3. The van der Waals surface area contributed by atoms with Crippen LogP contribution in [0.25, 0.3) is 0 Å². The third-order valence-electron chi connectivity index (χ3n) is 9.33. The van der Waals surface area contributed by atoms with Gasteiger partial charge in [0.15, 0.2) is 18.5 Å². The molecule has 1 aromatic rings. The smallest absolute Gasteiger partial charge is 0.420 e. The molecule has 0 aromatic carbocycles. The molecular weight excluding hydrogens is 1000 g/mol. The Morgan fingerprint density at radius 1 is 0.468 bits per heavy atom. The Bertz CT molecular complexity index is 2180. The fraction of sp³-hybridized carbons (Fsp3) is 0.764. The van der Waals surface area contributed by atoms with Crippen LogP contribution in [-0.4, -0.2) is 137 Å². The molecular formula is C55H93N4O18+. The van der Waals surface area contributed by atoms with Crippen LogP contribution in [0.5, 0.6) is 5.75 Å². The quantitative estimate of drug-likeness (QED) is 0.0790. The number of nitrogens with one attached hydrogen (secondary N) is 1. The van der Waals surface area contributed by atoms with Gasteiger partial charge in [0, 0.05) is 17.5 Å². The standard InChI is InChI=1S/C55H92N4O18/c1-48(2,3)70-40(62)36(56-43(65)73-51(10,11)12)27-26-34(60)31-57-30-33(25-28-37(41(63)71-49(4,5)6)58(44(66)74-52(13,14)15)45(67)75-53(16,17)18)35(39(61)32-57)29-38(42(64)72-50(7,8)9)59(46(68)76-54(19,20)21)47(69)77-55(22,23)24/h30,32,34,36-38,60H,25-29,31H2,1-24H3,(H-,56,61,65)/p+1/t34-,36+,37+,38+/m1/s1. The van der Waals surface area contributed by atoms with Gasteiger partial charge in [-0.25, -0.2) is 38.4 Å². The molecule has 1 aromatic heterocycles. The van der Waals surface area contributed by atoms with Crippen LogP contribution in [0.15, 0.2) is 12.4 Å². The zero-order valence-electron chi connectivity index (χ0n) is 50.5. The molecule has 0 aliphatic carbocycles. The van der Waals surface area contributed by atoms with E-state index in [4.69, 9.17) is 37.9 Å². The van der Waals surface area contributed by atoms with Crippen LogP contribution >= 0.6 is 0 Å². The number of amides is 5. The summed E-state index contributed by atoms with van der Waals surface area (Å²) in [7, 11) is 0. The molecule has 4 atom stereocenters. The van der Waals surface area contributed by atoms with Crippen molar-refractivity contribution in [3.63, 3.8) is 0 Å². The molecule has 0 radical (unpaired) electrons.